The molecule has 0 aromatic heterocycles. The second kappa shape index (κ2) is 15.7. The highest BCUT2D eigenvalue weighted by Crippen LogP contribution is 2.18. The van der Waals surface area contributed by atoms with E-state index in [-0.39, 0.29) is 22.2 Å². The van der Waals surface area contributed by atoms with Crippen molar-refractivity contribution in [3.63, 3.8) is 0 Å². The molecule has 1 unspecified atom stereocenters. The highest BCUT2D eigenvalue weighted by Gasteiger charge is 2.35. The van der Waals surface area contributed by atoms with Gasteiger partial charge in [0.05, 0.1) is 24.1 Å². The zero-order chi connectivity index (χ0) is 33.0. The van der Waals surface area contributed by atoms with Crippen molar-refractivity contribution in [3.05, 3.63) is 59.7 Å². The third kappa shape index (κ3) is 11.0. The number of carboxylic acid groups (broad SMARTS) is 4. The lowest BCUT2D eigenvalue weighted by Crippen LogP contribution is -2.53. The van der Waals surface area contributed by atoms with E-state index in [2.05, 4.69) is 4.99 Å². The van der Waals surface area contributed by atoms with Crippen LogP contribution in [0.2, 0.25) is 0 Å². The fourth-order valence-corrected chi connectivity index (χ4v) is 3.44. The number of carbonyl (C=O) groups excluding carboxylic acids is 3. The van der Waals surface area contributed by atoms with Gasteiger partial charge in [-0.05, 0) is 42.0 Å². The highest BCUT2D eigenvalue weighted by atomic mass is 16.6. The highest BCUT2D eigenvalue weighted by molar-refractivity contribution is 5.92. The molecule has 0 radical (unpaired) electrons. The molecule has 2 rings (SSSR count). The van der Waals surface area contributed by atoms with Gasteiger partial charge in [0.15, 0.2) is 5.96 Å². The maximum absolute atomic E-state index is 12.8. The molecule has 0 saturated heterocycles. The van der Waals surface area contributed by atoms with Gasteiger partial charge < -0.3 is 46.7 Å². The van der Waals surface area contributed by atoms with Gasteiger partial charge in [-0.1, -0.05) is 12.1 Å². The first kappa shape index (κ1) is 34.0. The Hall–Kier alpha value is -6.20. The van der Waals surface area contributed by atoms with E-state index in [1.807, 2.05) is 5.32 Å². The lowest BCUT2D eigenvalue weighted by atomic mass is 10.1. The third-order valence-electron chi connectivity index (χ3n) is 5.45. The third-order valence-corrected chi connectivity index (χ3v) is 5.45. The molecule has 18 heteroatoms. The van der Waals surface area contributed by atoms with Crippen molar-refractivity contribution in [2.45, 2.75) is 31.5 Å². The number of benzene rings is 2. The van der Waals surface area contributed by atoms with Gasteiger partial charge in [-0.15, -0.1) is 0 Å². The minimum Gasteiger partial charge on any atom is -0.481 e. The largest absolute Gasteiger partial charge is 0.481 e. The molecule has 44 heavy (non-hydrogen) atoms. The first-order valence-electron chi connectivity index (χ1n) is 12.3. The Labute approximate surface area is 247 Å². The fraction of sp³-hybridized carbons (Fsp3) is 0.231. The van der Waals surface area contributed by atoms with Gasteiger partial charge in [0.25, 0.3) is 0 Å². The number of guanidine groups is 1. The summed E-state index contributed by atoms with van der Waals surface area (Å²) in [5.74, 6) is -8.78. The molecule has 0 spiro atoms. The molecule has 0 fully saturated rings. The number of aliphatic carboxylic acids is 4. The number of rotatable bonds is 15. The number of amides is 2. The second-order valence-electron chi connectivity index (χ2n) is 8.81. The average Bonchev–Trinajstić information content (AvgIpc) is 2.93. The normalized spacial score (nSPS) is 11.6. The summed E-state index contributed by atoms with van der Waals surface area (Å²) in [7, 11) is 0. The minimum atomic E-state index is -2.11. The van der Waals surface area contributed by atoms with Crippen molar-refractivity contribution in [2.75, 3.05) is 6.54 Å². The van der Waals surface area contributed by atoms with Crippen molar-refractivity contribution in [2.24, 2.45) is 16.5 Å². The molecule has 0 heterocycles. The summed E-state index contributed by atoms with van der Waals surface area (Å²) in [5.41, 5.74) is 11.5. The van der Waals surface area contributed by atoms with Crippen LogP contribution < -0.4 is 21.5 Å². The summed E-state index contributed by atoms with van der Waals surface area (Å²) < 4.78 is 10.3. The van der Waals surface area contributed by atoms with Gasteiger partial charge in [-0.2, -0.15) is 0 Å². The summed E-state index contributed by atoms with van der Waals surface area (Å²) in [6.45, 7) is -1.68. The molecule has 0 aliphatic rings. The summed E-state index contributed by atoms with van der Waals surface area (Å²) in [6, 6.07) is 7.34. The summed E-state index contributed by atoms with van der Waals surface area (Å²) in [5, 5.41) is 38.3. The number of nitrogens with two attached hydrogens (primary N) is 2. The van der Waals surface area contributed by atoms with Crippen LogP contribution in [0.3, 0.4) is 0 Å². The molecule has 2 aromatic carbocycles. The molecule has 0 bridgehead atoms. The Morgan fingerprint density at radius 1 is 0.818 bits per heavy atom. The van der Waals surface area contributed by atoms with Gasteiger partial charge in [0.2, 0.25) is 5.91 Å². The predicted molar refractivity (Wildman–Crippen MR) is 146 cm³/mol. The van der Waals surface area contributed by atoms with Gasteiger partial charge in [-0.25, -0.2) is 24.2 Å². The first-order chi connectivity index (χ1) is 20.7. The number of carboxylic acids is 4. The van der Waals surface area contributed by atoms with Crippen LogP contribution in [-0.4, -0.2) is 91.8 Å². The molecule has 2 aromatic rings. The van der Waals surface area contributed by atoms with E-state index in [0.29, 0.717) is 11.3 Å². The van der Waals surface area contributed by atoms with E-state index >= 15 is 0 Å². The SMILES string of the molecule is NC(N)=Nc1ccc(C(=O)Oc2ccc(COC(=O)N(CC(=O)NC(CC(=O)O)C(=O)O)[C@@H](CC(=O)O)C(=O)O)cc2)cc1. The van der Waals surface area contributed by atoms with E-state index in [1.54, 1.807) is 0 Å². The van der Waals surface area contributed by atoms with E-state index < -0.39 is 79.9 Å². The number of esters is 1. The van der Waals surface area contributed by atoms with E-state index in [4.69, 9.17) is 36.3 Å². The Bertz CT molecular complexity index is 1440. The number of aliphatic imine (C=N–C) groups is 1. The van der Waals surface area contributed by atoms with Crippen LogP contribution in [0.15, 0.2) is 53.5 Å². The quantitative estimate of drug-likeness (QED) is 0.0585. The van der Waals surface area contributed by atoms with Gasteiger partial charge in [0, 0.05) is 0 Å². The number of nitrogens with zero attached hydrogens (tertiary/aromatic N) is 2. The predicted octanol–water partition coefficient (Wildman–Crippen LogP) is -0.279. The molecule has 0 aliphatic carbocycles. The molecule has 18 nitrogen and oxygen atoms in total. The molecular weight excluding hydrogens is 590 g/mol. The number of hydrogen-bond donors (Lipinski definition) is 7. The lowest BCUT2D eigenvalue weighted by molar-refractivity contribution is -0.150. The average molecular weight is 618 g/mol. The Balaban J connectivity index is 2.10. The number of carbonyl (C=O) groups is 7. The van der Waals surface area contributed by atoms with Crippen LogP contribution in [0.5, 0.6) is 5.75 Å². The van der Waals surface area contributed by atoms with Crippen molar-refractivity contribution in [1.82, 2.24) is 10.2 Å². The van der Waals surface area contributed by atoms with Gasteiger partial charge in [-0.3, -0.25) is 19.3 Å². The molecule has 2 atom stereocenters. The monoisotopic (exact) mass is 617 g/mol. The van der Waals surface area contributed by atoms with Crippen LogP contribution in [0.1, 0.15) is 28.8 Å². The van der Waals surface area contributed by atoms with E-state index in [9.17, 15) is 38.7 Å². The maximum atomic E-state index is 12.8. The molecule has 0 aliphatic heterocycles. The second-order valence-corrected chi connectivity index (χ2v) is 8.81. The topological polar surface area (TPSA) is 299 Å². The smallest absolute Gasteiger partial charge is 0.411 e. The fourth-order valence-electron chi connectivity index (χ4n) is 3.44. The summed E-state index contributed by atoms with van der Waals surface area (Å²) in [4.78, 5) is 86.7. The van der Waals surface area contributed by atoms with Crippen LogP contribution in [-0.2, 0) is 35.3 Å². The van der Waals surface area contributed by atoms with Gasteiger partial charge in [0.1, 0.15) is 31.0 Å². The zero-order valence-electron chi connectivity index (χ0n) is 22.6. The van der Waals surface area contributed by atoms with Crippen LogP contribution in [0, 0.1) is 0 Å². The molecule has 2 amide bonds. The van der Waals surface area contributed by atoms with Crippen LogP contribution in [0.25, 0.3) is 0 Å². The summed E-state index contributed by atoms with van der Waals surface area (Å²) >= 11 is 0. The van der Waals surface area contributed by atoms with E-state index in [0.717, 1.165) is 0 Å². The molecule has 9 N–H and O–H groups in total. The lowest BCUT2D eigenvalue weighted by Gasteiger charge is -2.27. The van der Waals surface area contributed by atoms with Crippen molar-refractivity contribution < 1.29 is 63.5 Å². The molecule has 0 saturated carbocycles. The number of ether oxygens (including phenoxy) is 2. The van der Waals surface area contributed by atoms with Crippen molar-refractivity contribution in [1.29, 1.82) is 0 Å². The van der Waals surface area contributed by atoms with Crippen molar-refractivity contribution in [3.8, 4) is 5.75 Å². The minimum absolute atomic E-state index is 0.110. The van der Waals surface area contributed by atoms with Crippen LogP contribution >= 0.6 is 0 Å². The molecular formula is C26H27N5O13. The Morgan fingerprint density at radius 3 is 1.91 bits per heavy atom. The summed E-state index contributed by atoms with van der Waals surface area (Å²) in [6.07, 6.45) is -3.62. The number of nitrogens with one attached hydrogen (secondary N) is 1. The van der Waals surface area contributed by atoms with Crippen molar-refractivity contribution >= 4 is 53.5 Å². The van der Waals surface area contributed by atoms with E-state index in [1.165, 1.54) is 48.5 Å². The molecule has 234 valence electrons. The Kier molecular flexibility index (Phi) is 12.1. The maximum Gasteiger partial charge on any atom is 0.411 e. The Morgan fingerprint density at radius 2 is 1.41 bits per heavy atom. The number of hydrogen-bond acceptors (Lipinski definition) is 10. The standard InChI is InChI=1S/C26H27N5O13/c27-25(28)29-15-5-3-14(4-6-15)24(41)44-16-7-1-13(2-8-16)12-43-26(42)31(18(23(39)40)10-21(35)36)11-19(32)30-17(22(37)38)9-20(33)34/h1-8,17-18H,9-12H2,(H,30,32)(H,33,34)(H,35,36)(H,37,38)(H,39,40)(H4,27,28,29)/t17?,18-/m0/s1. The van der Waals surface area contributed by atoms with Gasteiger partial charge >= 0.3 is 35.9 Å². The van der Waals surface area contributed by atoms with Crippen LogP contribution in [0.4, 0.5) is 10.5 Å². The first-order valence-corrected chi connectivity index (χ1v) is 12.3. The zero-order valence-corrected chi connectivity index (χ0v) is 22.6.